The Morgan fingerprint density at radius 2 is 1.81 bits per heavy atom. The minimum Gasteiger partial charge on any atom is -0.343 e. The number of nitrogens with one attached hydrogen (secondary N) is 1. The molecule has 7 nitrogen and oxygen atoms in total. The fourth-order valence-electron chi connectivity index (χ4n) is 3.51. The van der Waals surface area contributed by atoms with Crippen molar-refractivity contribution in [2.45, 2.75) is 45.3 Å². The third-order valence-electron chi connectivity index (χ3n) is 5.07. The summed E-state index contributed by atoms with van der Waals surface area (Å²) in [6.45, 7) is 4.83. The molecule has 27 heavy (non-hydrogen) atoms. The topological polar surface area (TPSA) is 86.8 Å². The molecule has 1 aromatic carbocycles. The normalized spacial score (nSPS) is 20.0. The second kappa shape index (κ2) is 7.90. The summed E-state index contributed by atoms with van der Waals surface area (Å²) in [4.78, 5) is 52.2. The zero-order valence-corrected chi connectivity index (χ0v) is 15.7. The molecule has 0 saturated carbocycles. The predicted octanol–water partition coefficient (Wildman–Crippen LogP) is 0.730. The number of benzene rings is 1. The molecule has 1 atom stereocenters. The number of carbonyl (C=O) groups is 4. The minimum absolute atomic E-state index is 0.0438. The van der Waals surface area contributed by atoms with E-state index in [4.69, 9.17) is 0 Å². The van der Waals surface area contributed by atoms with Crippen molar-refractivity contribution in [2.24, 2.45) is 5.92 Å². The third kappa shape index (κ3) is 4.18. The van der Waals surface area contributed by atoms with E-state index in [0.29, 0.717) is 26.1 Å². The Morgan fingerprint density at radius 3 is 2.44 bits per heavy atom. The van der Waals surface area contributed by atoms with Gasteiger partial charge in [-0.15, -0.1) is 0 Å². The molecule has 2 aliphatic heterocycles. The van der Waals surface area contributed by atoms with Crippen molar-refractivity contribution in [3.05, 3.63) is 35.9 Å². The Balaban J connectivity index is 1.55. The minimum atomic E-state index is -0.716. The quantitative estimate of drug-likeness (QED) is 0.747. The number of Topliss-reactive ketones (excluding diaryl/α,β-unsaturated/α-hetero) is 1. The predicted molar refractivity (Wildman–Crippen MR) is 98.4 cm³/mol. The lowest BCUT2D eigenvalue weighted by Crippen LogP contribution is -2.63. The molecule has 3 rings (SSSR count). The van der Waals surface area contributed by atoms with Crippen molar-refractivity contribution in [2.75, 3.05) is 13.1 Å². The summed E-state index contributed by atoms with van der Waals surface area (Å²) in [5.41, 5.74) is 0.924. The molecule has 2 fully saturated rings. The second-order valence-corrected chi connectivity index (χ2v) is 7.49. The fourth-order valence-corrected chi connectivity index (χ4v) is 3.51. The highest BCUT2D eigenvalue weighted by molar-refractivity contribution is 6.38. The van der Waals surface area contributed by atoms with Crippen LogP contribution in [-0.4, -0.2) is 58.5 Å². The van der Waals surface area contributed by atoms with Gasteiger partial charge in [-0.2, -0.15) is 0 Å². The molecule has 0 aliphatic carbocycles. The smallest absolute Gasteiger partial charge is 0.289 e. The highest BCUT2D eigenvalue weighted by Crippen LogP contribution is 2.22. The van der Waals surface area contributed by atoms with Crippen molar-refractivity contribution in [1.82, 2.24) is 15.1 Å². The van der Waals surface area contributed by atoms with E-state index in [1.165, 1.54) is 4.90 Å². The number of hydrogen-bond acceptors (Lipinski definition) is 4. The standard InChI is InChI=1S/C20H25N3O4/c1-13(2)20(27)22-11-15(12-22)21-19(26)18(25)16-8-9-17(24)23(16)10-14-6-4-3-5-7-14/h3-7,13,15-16H,8-12H2,1-2H3,(H,21,26)/t16-/m1/s1. The first-order valence-electron chi connectivity index (χ1n) is 9.33. The number of hydrogen-bond donors (Lipinski definition) is 1. The van der Waals surface area contributed by atoms with Crippen molar-refractivity contribution in [3.63, 3.8) is 0 Å². The van der Waals surface area contributed by atoms with Crippen LogP contribution in [0.1, 0.15) is 32.3 Å². The first kappa shape index (κ1) is 19.1. The van der Waals surface area contributed by atoms with E-state index in [0.717, 1.165) is 5.56 Å². The first-order valence-corrected chi connectivity index (χ1v) is 9.33. The lowest BCUT2D eigenvalue weighted by Gasteiger charge is -2.40. The van der Waals surface area contributed by atoms with Crippen molar-refractivity contribution < 1.29 is 19.2 Å². The number of likely N-dealkylation sites (tertiary alicyclic amines) is 2. The molecule has 0 aromatic heterocycles. The van der Waals surface area contributed by atoms with E-state index in [1.807, 2.05) is 44.2 Å². The Bertz CT molecular complexity index is 741. The Labute approximate surface area is 158 Å². The molecule has 1 aromatic rings. The number of nitrogens with zero attached hydrogens (tertiary/aromatic N) is 2. The van der Waals surface area contributed by atoms with Crippen LogP contribution in [-0.2, 0) is 25.7 Å². The van der Waals surface area contributed by atoms with E-state index in [1.54, 1.807) is 4.90 Å². The van der Waals surface area contributed by atoms with Crippen LogP contribution in [0.4, 0.5) is 0 Å². The summed E-state index contributed by atoms with van der Waals surface area (Å²) in [6.07, 6.45) is 0.636. The zero-order valence-electron chi connectivity index (χ0n) is 15.7. The summed E-state index contributed by atoms with van der Waals surface area (Å²) < 4.78 is 0. The number of carbonyl (C=O) groups excluding carboxylic acids is 4. The van der Waals surface area contributed by atoms with Crippen LogP contribution in [0, 0.1) is 5.92 Å². The lowest BCUT2D eigenvalue weighted by molar-refractivity contribution is -0.146. The number of rotatable bonds is 6. The Hall–Kier alpha value is -2.70. The van der Waals surface area contributed by atoms with Gasteiger partial charge in [-0.3, -0.25) is 19.2 Å². The average molecular weight is 371 g/mol. The van der Waals surface area contributed by atoms with E-state index in [-0.39, 0.29) is 30.2 Å². The van der Waals surface area contributed by atoms with Gasteiger partial charge in [0.25, 0.3) is 5.91 Å². The van der Waals surface area contributed by atoms with E-state index < -0.39 is 17.7 Å². The van der Waals surface area contributed by atoms with Crippen LogP contribution >= 0.6 is 0 Å². The van der Waals surface area contributed by atoms with Crippen LogP contribution in [0.2, 0.25) is 0 Å². The summed E-state index contributed by atoms with van der Waals surface area (Å²) in [5, 5.41) is 2.70. The molecular weight excluding hydrogens is 346 g/mol. The summed E-state index contributed by atoms with van der Waals surface area (Å²) in [6, 6.07) is 8.50. The van der Waals surface area contributed by atoms with E-state index in [9.17, 15) is 19.2 Å². The summed E-state index contributed by atoms with van der Waals surface area (Å²) >= 11 is 0. The molecule has 7 heteroatoms. The molecule has 2 heterocycles. The Morgan fingerprint density at radius 1 is 1.15 bits per heavy atom. The molecule has 0 spiro atoms. The molecule has 1 N–H and O–H groups in total. The molecule has 0 unspecified atom stereocenters. The molecule has 3 amide bonds. The largest absolute Gasteiger partial charge is 0.343 e. The van der Waals surface area contributed by atoms with Crippen molar-refractivity contribution >= 4 is 23.5 Å². The summed E-state index contributed by atoms with van der Waals surface area (Å²) in [5.74, 6) is -1.40. The molecule has 144 valence electrons. The molecular formula is C20H25N3O4. The van der Waals surface area contributed by atoms with Gasteiger partial charge in [-0.1, -0.05) is 44.2 Å². The maximum absolute atomic E-state index is 12.6. The third-order valence-corrected chi connectivity index (χ3v) is 5.07. The van der Waals surface area contributed by atoms with Gasteiger partial charge in [0.05, 0.1) is 6.04 Å². The maximum atomic E-state index is 12.6. The highest BCUT2D eigenvalue weighted by atomic mass is 16.2. The molecule has 0 bridgehead atoms. The lowest BCUT2D eigenvalue weighted by atomic mass is 10.0. The molecule has 2 saturated heterocycles. The maximum Gasteiger partial charge on any atom is 0.289 e. The second-order valence-electron chi connectivity index (χ2n) is 7.49. The van der Waals surface area contributed by atoms with Gasteiger partial charge in [0.2, 0.25) is 17.6 Å². The first-order chi connectivity index (χ1) is 12.9. The number of amides is 3. The summed E-state index contributed by atoms with van der Waals surface area (Å²) in [7, 11) is 0. The monoisotopic (exact) mass is 371 g/mol. The van der Waals surface area contributed by atoms with Gasteiger partial charge in [-0.25, -0.2) is 0 Å². The van der Waals surface area contributed by atoms with E-state index in [2.05, 4.69) is 5.32 Å². The van der Waals surface area contributed by atoms with Crippen molar-refractivity contribution in [3.8, 4) is 0 Å². The van der Waals surface area contributed by atoms with Gasteiger partial charge in [0.1, 0.15) is 6.04 Å². The van der Waals surface area contributed by atoms with Crippen LogP contribution in [0.15, 0.2) is 30.3 Å². The molecule has 2 aliphatic rings. The van der Waals surface area contributed by atoms with Crippen LogP contribution in [0.25, 0.3) is 0 Å². The van der Waals surface area contributed by atoms with Crippen LogP contribution < -0.4 is 5.32 Å². The van der Waals surface area contributed by atoms with Gasteiger partial charge >= 0.3 is 0 Å². The van der Waals surface area contributed by atoms with Gasteiger partial charge in [0, 0.05) is 32.0 Å². The van der Waals surface area contributed by atoms with Gasteiger partial charge in [-0.05, 0) is 12.0 Å². The molecule has 0 radical (unpaired) electrons. The zero-order chi connectivity index (χ0) is 19.6. The van der Waals surface area contributed by atoms with Crippen LogP contribution in [0.5, 0.6) is 0 Å². The number of ketones is 1. The SMILES string of the molecule is CC(C)C(=O)N1CC(NC(=O)C(=O)[C@H]2CCC(=O)N2Cc2ccccc2)C1. The van der Waals surface area contributed by atoms with Crippen molar-refractivity contribution in [1.29, 1.82) is 0 Å². The van der Waals surface area contributed by atoms with Gasteiger partial charge in [0.15, 0.2) is 0 Å². The Kier molecular flexibility index (Phi) is 5.58. The van der Waals surface area contributed by atoms with Gasteiger partial charge < -0.3 is 15.1 Å². The van der Waals surface area contributed by atoms with Crippen LogP contribution in [0.3, 0.4) is 0 Å². The average Bonchev–Trinajstić information content (AvgIpc) is 2.97. The van der Waals surface area contributed by atoms with E-state index >= 15 is 0 Å². The fraction of sp³-hybridized carbons (Fsp3) is 0.500. The highest BCUT2D eigenvalue weighted by Gasteiger charge is 2.40.